The Kier molecular flexibility index (Phi) is 4.49. The molecule has 8 heteroatoms. The van der Waals surface area contributed by atoms with Gasteiger partial charge in [-0.05, 0) is 36.4 Å². The van der Waals surface area contributed by atoms with E-state index in [0.29, 0.717) is 17.9 Å². The number of methoxy groups -OCH3 is 1. The molecule has 2 aromatic carbocycles. The van der Waals surface area contributed by atoms with E-state index in [-0.39, 0.29) is 24.0 Å². The van der Waals surface area contributed by atoms with Crippen LogP contribution in [0.25, 0.3) is 0 Å². The summed E-state index contributed by atoms with van der Waals surface area (Å²) in [5, 5.41) is 8.68. The molecule has 2 aromatic rings. The van der Waals surface area contributed by atoms with Crippen molar-refractivity contribution in [2.24, 2.45) is 16.2 Å². The topological polar surface area (TPSA) is 90.7 Å². The van der Waals surface area contributed by atoms with E-state index >= 15 is 0 Å². The molecule has 3 aliphatic rings. The number of fused-ring (bicyclic) bond motifs is 4. The summed E-state index contributed by atoms with van der Waals surface area (Å²) in [5.74, 6) is 0.173. The van der Waals surface area contributed by atoms with Crippen LogP contribution in [0.3, 0.4) is 0 Å². The maximum Gasteiger partial charge on any atom is 0.271 e. The van der Waals surface area contributed by atoms with Gasteiger partial charge in [0.1, 0.15) is 17.6 Å². The fourth-order valence-electron chi connectivity index (χ4n) is 3.76. The monoisotopic (exact) mass is 393 g/mol. The van der Waals surface area contributed by atoms with Gasteiger partial charge in [0.25, 0.3) is 5.91 Å². The van der Waals surface area contributed by atoms with Crippen LogP contribution in [-0.2, 0) is 14.3 Å². The Balaban J connectivity index is 1.44. The minimum Gasteiger partial charge on any atom is -0.497 e. The highest BCUT2D eigenvalue weighted by atomic mass is 16.7. The van der Waals surface area contributed by atoms with Gasteiger partial charge >= 0.3 is 0 Å². The van der Waals surface area contributed by atoms with Crippen LogP contribution in [0.5, 0.6) is 5.75 Å². The highest BCUT2D eigenvalue weighted by Gasteiger charge is 2.55. The van der Waals surface area contributed by atoms with Crippen LogP contribution >= 0.6 is 0 Å². The predicted molar refractivity (Wildman–Crippen MR) is 104 cm³/mol. The van der Waals surface area contributed by atoms with Gasteiger partial charge in [0, 0.05) is 11.1 Å². The first-order chi connectivity index (χ1) is 14.2. The first-order valence-corrected chi connectivity index (χ1v) is 9.32. The number of carbonyl (C=O) groups is 1. The largest absolute Gasteiger partial charge is 0.497 e. The molecule has 1 amide bonds. The van der Waals surface area contributed by atoms with E-state index in [1.54, 1.807) is 31.4 Å². The summed E-state index contributed by atoms with van der Waals surface area (Å²) in [6.45, 7) is 0.392. The summed E-state index contributed by atoms with van der Waals surface area (Å²) in [5.41, 5.74) is 5.29. The Labute approximate surface area is 167 Å². The lowest BCUT2D eigenvalue weighted by Crippen LogP contribution is -2.49. The van der Waals surface area contributed by atoms with Crippen molar-refractivity contribution in [3.63, 3.8) is 0 Å². The van der Waals surface area contributed by atoms with E-state index in [4.69, 9.17) is 19.0 Å². The van der Waals surface area contributed by atoms with Gasteiger partial charge in [0.05, 0.1) is 25.3 Å². The highest BCUT2D eigenvalue weighted by molar-refractivity contribution is 6.17. The highest BCUT2D eigenvalue weighted by Crippen LogP contribution is 2.38. The van der Waals surface area contributed by atoms with Crippen LogP contribution in [0, 0.1) is 5.92 Å². The molecule has 2 unspecified atom stereocenters. The van der Waals surface area contributed by atoms with E-state index in [1.165, 1.54) is 0 Å². The molecule has 0 spiro atoms. The first-order valence-electron chi connectivity index (χ1n) is 9.32. The summed E-state index contributed by atoms with van der Waals surface area (Å²) in [4.78, 5) is 18.1. The Morgan fingerprint density at radius 2 is 1.97 bits per heavy atom. The van der Waals surface area contributed by atoms with Crippen LogP contribution in [0.1, 0.15) is 15.9 Å². The number of benzene rings is 2. The Morgan fingerprint density at radius 3 is 2.72 bits per heavy atom. The fourth-order valence-corrected chi connectivity index (χ4v) is 3.76. The minimum atomic E-state index is -0.637. The molecule has 0 aromatic heterocycles. The standard InChI is InChI=1S/C21H19N3O5/c1-26-14-9-7-12(8-10-14)17-16-18(21-27-11-15(28-21)19(16)29-24-17)22-23-20(25)13-5-3-2-4-6-13/h2-10,15-16,19,21H,11H2,1H3,(H,23,25)/b22-18-/t15?,16?,19-,21-/m1/s1. The predicted octanol–water partition coefficient (Wildman–Crippen LogP) is 1.96. The van der Waals surface area contributed by atoms with Crippen LogP contribution in [0.4, 0.5) is 0 Å². The summed E-state index contributed by atoms with van der Waals surface area (Å²) >= 11 is 0. The molecule has 0 radical (unpaired) electrons. The molecule has 3 aliphatic heterocycles. The number of hydrogen-bond acceptors (Lipinski definition) is 7. The number of nitrogens with zero attached hydrogens (tertiary/aromatic N) is 2. The molecule has 0 saturated carbocycles. The number of carbonyl (C=O) groups excluding carboxylic acids is 1. The van der Waals surface area contributed by atoms with Crippen LogP contribution < -0.4 is 10.2 Å². The fraction of sp³-hybridized carbons (Fsp3) is 0.286. The first kappa shape index (κ1) is 17.8. The van der Waals surface area contributed by atoms with E-state index in [0.717, 1.165) is 17.0 Å². The summed E-state index contributed by atoms with van der Waals surface area (Å²) in [6, 6.07) is 16.5. The molecule has 8 nitrogen and oxygen atoms in total. The Morgan fingerprint density at radius 1 is 1.17 bits per heavy atom. The zero-order valence-corrected chi connectivity index (χ0v) is 15.6. The number of nitrogens with one attached hydrogen (secondary N) is 1. The number of hydrogen-bond donors (Lipinski definition) is 1. The molecule has 3 heterocycles. The number of oxime groups is 1. The third kappa shape index (κ3) is 3.16. The Hall–Kier alpha value is -3.23. The Bertz CT molecular complexity index is 974. The number of amides is 1. The average molecular weight is 393 g/mol. The molecule has 5 rings (SSSR count). The third-order valence-corrected chi connectivity index (χ3v) is 5.24. The van der Waals surface area contributed by atoms with Crippen molar-refractivity contribution in [2.75, 3.05) is 13.7 Å². The zero-order chi connectivity index (χ0) is 19.8. The maximum atomic E-state index is 12.4. The summed E-state index contributed by atoms with van der Waals surface area (Å²) in [7, 11) is 1.62. The van der Waals surface area contributed by atoms with Gasteiger partial charge in [-0.15, -0.1) is 0 Å². The van der Waals surface area contributed by atoms with Gasteiger partial charge in [-0.2, -0.15) is 5.10 Å². The van der Waals surface area contributed by atoms with Crippen LogP contribution in [0.2, 0.25) is 0 Å². The van der Waals surface area contributed by atoms with Crippen molar-refractivity contribution in [1.82, 2.24) is 5.43 Å². The average Bonchev–Trinajstić information content (AvgIpc) is 3.40. The van der Waals surface area contributed by atoms with Gasteiger partial charge in [-0.3, -0.25) is 4.79 Å². The molecule has 29 heavy (non-hydrogen) atoms. The van der Waals surface area contributed by atoms with E-state index in [2.05, 4.69) is 15.7 Å². The van der Waals surface area contributed by atoms with Crippen LogP contribution in [0.15, 0.2) is 64.9 Å². The molecule has 148 valence electrons. The van der Waals surface area contributed by atoms with Crippen molar-refractivity contribution in [3.8, 4) is 5.75 Å². The second-order valence-corrected chi connectivity index (χ2v) is 6.94. The smallest absolute Gasteiger partial charge is 0.271 e. The van der Waals surface area contributed by atoms with Crippen molar-refractivity contribution >= 4 is 17.3 Å². The SMILES string of the molecule is COc1ccc(C2=NO[C@@H]3C4CO[C@H](O4)/C(=N\NC(=O)c4ccccc4)C23)cc1. The second kappa shape index (κ2) is 7.31. The number of rotatable bonds is 4. The second-order valence-electron chi connectivity index (χ2n) is 6.94. The van der Waals surface area contributed by atoms with Gasteiger partial charge in [0.2, 0.25) is 0 Å². The lowest BCUT2D eigenvalue weighted by Gasteiger charge is -2.30. The lowest BCUT2D eigenvalue weighted by atomic mass is 9.84. The van der Waals surface area contributed by atoms with E-state index in [9.17, 15) is 4.79 Å². The zero-order valence-electron chi connectivity index (χ0n) is 15.6. The van der Waals surface area contributed by atoms with Crippen molar-refractivity contribution in [1.29, 1.82) is 0 Å². The van der Waals surface area contributed by atoms with E-state index < -0.39 is 6.29 Å². The molecule has 1 N–H and O–H groups in total. The normalized spacial score (nSPS) is 28.4. The molecular weight excluding hydrogens is 374 g/mol. The molecule has 2 bridgehead atoms. The quantitative estimate of drug-likeness (QED) is 0.802. The van der Waals surface area contributed by atoms with Crippen LogP contribution in [-0.4, -0.2) is 49.5 Å². The van der Waals surface area contributed by atoms with Gasteiger partial charge < -0.3 is 19.0 Å². The molecule has 4 atom stereocenters. The molecule has 2 saturated heterocycles. The summed E-state index contributed by atoms with van der Waals surface area (Å²) < 4.78 is 16.8. The maximum absolute atomic E-state index is 12.4. The minimum absolute atomic E-state index is 0.228. The lowest BCUT2D eigenvalue weighted by molar-refractivity contribution is -0.0812. The van der Waals surface area contributed by atoms with Gasteiger partial charge in [-0.25, -0.2) is 5.43 Å². The number of hydrazone groups is 1. The van der Waals surface area contributed by atoms with Crippen molar-refractivity contribution < 1.29 is 23.8 Å². The summed E-state index contributed by atoms with van der Waals surface area (Å²) in [6.07, 6.45) is -1.21. The number of ether oxygens (including phenoxy) is 3. The molecule has 2 fully saturated rings. The van der Waals surface area contributed by atoms with Gasteiger partial charge in [0.15, 0.2) is 12.4 Å². The third-order valence-electron chi connectivity index (χ3n) is 5.24. The van der Waals surface area contributed by atoms with Gasteiger partial charge in [-0.1, -0.05) is 23.4 Å². The van der Waals surface area contributed by atoms with Crippen molar-refractivity contribution in [3.05, 3.63) is 65.7 Å². The van der Waals surface area contributed by atoms with E-state index in [1.807, 2.05) is 30.3 Å². The molecule has 0 aliphatic carbocycles. The molecular formula is C21H19N3O5. The van der Waals surface area contributed by atoms with Crippen molar-refractivity contribution in [2.45, 2.75) is 18.5 Å².